The van der Waals surface area contributed by atoms with Gasteiger partial charge in [0, 0.05) is 12.6 Å². The van der Waals surface area contributed by atoms with Crippen molar-refractivity contribution in [1.82, 2.24) is 10.6 Å². The second kappa shape index (κ2) is 8.89. The van der Waals surface area contributed by atoms with E-state index in [0.717, 1.165) is 32.7 Å². The molecule has 0 spiro atoms. The van der Waals surface area contributed by atoms with Gasteiger partial charge in [-0.3, -0.25) is 0 Å². The van der Waals surface area contributed by atoms with Crippen LogP contribution < -0.4 is 10.6 Å². The molecule has 1 atom stereocenters. The molecule has 2 N–H and O–H groups in total. The van der Waals surface area contributed by atoms with Gasteiger partial charge in [-0.15, -0.1) is 6.58 Å². The van der Waals surface area contributed by atoms with Crippen molar-refractivity contribution in [2.24, 2.45) is 0 Å². The lowest BCUT2D eigenvalue weighted by atomic mass is 10.1. The van der Waals surface area contributed by atoms with Gasteiger partial charge in [0.2, 0.25) is 0 Å². The molecule has 15 heavy (non-hydrogen) atoms. The molecule has 1 aliphatic heterocycles. The number of hydrogen-bond acceptors (Lipinski definition) is 3. The first-order valence-corrected chi connectivity index (χ1v) is 6.06. The molecule has 1 rings (SSSR count). The van der Waals surface area contributed by atoms with Gasteiger partial charge in [-0.2, -0.15) is 0 Å². The minimum atomic E-state index is 0.683. The quantitative estimate of drug-likeness (QED) is 0.493. The maximum atomic E-state index is 5.45. The van der Waals surface area contributed by atoms with Crippen molar-refractivity contribution in [3.8, 4) is 0 Å². The van der Waals surface area contributed by atoms with Gasteiger partial charge in [0.15, 0.2) is 0 Å². The lowest BCUT2D eigenvalue weighted by molar-refractivity contribution is 0.137. The van der Waals surface area contributed by atoms with Crippen LogP contribution in [-0.2, 0) is 4.74 Å². The van der Waals surface area contributed by atoms with Crippen LogP contribution in [0.1, 0.15) is 25.7 Å². The molecule has 0 radical (unpaired) electrons. The van der Waals surface area contributed by atoms with Gasteiger partial charge in [0.25, 0.3) is 0 Å². The topological polar surface area (TPSA) is 33.3 Å². The molecule has 1 saturated heterocycles. The Hall–Kier alpha value is -0.380. The van der Waals surface area contributed by atoms with Crippen molar-refractivity contribution < 1.29 is 4.74 Å². The summed E-state index contributed by atoms with van der Waals surface area (Å²) in [4.78, 5) is 0. The lowest BCUT2D eigenvalue weighted by Crippen LogP contribution is -2.32. The second-order valence-electron chi connectivity index (χ2n) is 4.02. The van der Waals surface area contributed by atoms with Crippen LogP contribution in [0.4, 0.5) is 0 Å². The zero-order valence-corrected chi connectivity index (χ0v) is 9.63. The van der Waals surface area contributed by atoms with Crippen molar-refractivity contribution in [1.29, 1.82) is 0 Å². The Labute approximate surface area is 93.3 Å². The van der Waals surface area contributed by atoms with E-state index in [-0.39, 0.29) is 0 Å². The molecule has 0 aliphatic carbocycles. The largest absolute Gasteiger partial charge is 0.380 e. The summed E-state index contributed by atoms with van der Waals surface area (Å²) in [7, 11) is 0. The van der Waals surface area contributed by atoms with E-state index >= 15 is 0 Å². The minimum absolute atomic E-state index is 0.683. The third-order valence-electron chi connectivity index (χ3n) is 2.72. The zero-order chi connectivity index (χ0) is 10.8. The Balaban J connectivity index is 1.91. The Morgan fingerprint density at radius 3 is 3.13 bits per heavy atom. The van der Waals surface area contributed by atoms with Crippen LogP contribution in [-0.4, -0.2) is 38.9 Å². The van der Waals surface area contributed by atoms with E-state index < -0.39 is 0 Å². The highest BCUT2D eigenvalue weighted by Crippen LogP contribution is 2.04. The molecule has 1 heterocycles. The number of rotatable bonds is 7. The average Bonchev–Trinajstić information content (AvgIpc) is 2.52. The number of hydrogen-bond donors (Lipinski definition) is 2. The van der Waals surface area contributed by atoms with Crippen molar-refractivity contribution in [3.05, 3.63) is 12.7 Å². The second-order valence-corrected chi connectivity index (χ2v) is 4.02. The first-order valence-electron chi connectivity index (χ1n) is 6.06. The predicted octanol–water partition coefficient (Wildman–Crippen LogP) is 1.31. The molecule has 0 saturated carbocycles. The first-order chi connectivity index (χ1) is 7.43. The SMILES string of the molecule is C=CCCOCCNC1CCCNCC1. The van der Waals surface area contributed by atoms with Gasteiger partial charge in [0.05, 0.1) is 13.2 Å². The fourth-order valence-corrected chi connectivity index (χ4v) is 1.83. The third kappa shape index (κ3) is 6.66. The number of ether oxygens (including phenoxy) is 1. The summed E-state index contributed by atoms with van der Waals surface area (Å²) in [6.45, 7) is 8.58. The summed E-state index contributed by atoms with van der Waals surface area (Å²) >= 11 is 0. The monoisotopic (exact) mass is 212 g/mol. The van der Waals surface area contributed by atoms with Crippen LogP contribution in [0, 0.1) is 0 Å². The third-order valence-corrected chi connectivity index (χ3v) is 2.72. The van der Waals surface area contributed by atoms with Gasteiger partial charge in [-0.05, 0) is 38.8 Å². The molecule has 1 fully saturated rings. The molecule has 0 amide bonds. The molecule has 0 aromatic carbocycles. The Morgan fingerprint density at radius 1 is 1.33 bits per heavy atom. The van der Waals surface area contributed by atoms with E-state index in [2.05, 4.69) is 17.2 Å². The van der Waals surface area contributed by atoms with Gasteiger partial charge in [-0.25, -0.2) is 0 Å². The molecule has 0 bridgehead atoms. The van der Waals surface area contributed by atoms with Crippen molar-refractivity contribution in [2.45, 2.75) is 31.7 Å². The Morgan fingerprint density at radius 2 is 2.27 bits per heavy atom. The van der Waals surface area contributed by atoms with Crippen molar-refractivity contribution in [2.75, 3.05) is 32.8 Å². The van der Waals surface area contributed by atoms with E-state index in [1.165, 1.54) is 25.8 Å². The molecule has 3 heteroatoms. The summed E-state index contributed by atoms with van der Waals surface area (Å²) in [5.41, 5.74) is 0. The number of nitrogens with one attached hydrogen (secondary N) is 2. The maximum Gasteiger partial charge on any atom is 0.0591 e. The van der Waals surface area contributed by atoms with Crippen LogP contribution in [0.5, 0.6) is 0 Å². The summed E-state index contributed by atoms with van der Waals surface area (Å²) in [5.74, 6) is 0. The van der Waals surface area contributed by atoms with Crippen molar-refractivity contribution >= 4 is 0 Å². The van der Waals surface area contributed by atoms with E-state index in [1.807, 2.05) is 6.08 Å². The summed E-state index contributed by atoms with van der Waals surface area (Å²) in [5, 5.41) is 6.96. The summed E-state index contributed by atoms with van der Waals surface area (Å²) in [6, 6.07) is 0.683. The van der Waals surface area contributed by atoms with Crippen LogP contribution in [0.3, 0.4) is 0 Å². The normalized spacial score (nSPS) is 22.3. The maximum absolute atomic E-state index is 5.45. The van der Waals surface area contributed by atoms with Gasteiger partial charge in [-0.1, -0.05) is 6.08 Å². The van der Waals surface area contributed by atoms with Gasteiger partial charge in [0.1, 0.15) is 0 Å². The molecule has 88 valence electrons. The highest BCUT2D eigenvalue weighted by molar-refractivity contribution is 4.72. The minimum Gasteiger partial charge on any atom is -0.380 e. The van der Waals surface area contributed by atoms with Crippen LogP contribution in [0.15, 0.2) is 12.7 Å². The molecule has 1 unspecified atom stereocenters. The smallest absolute Gasteiger partial charge is 0.0591 e. The Bertz CT molecular complexity index is 154. The highest BCUT2D eigenvalue weighted by Gasteiger charge is 2.09. The predicted molar refractivity (Wildman–Crippen MR) is 64.1 cm³/mol. The highest BCUT2D eigenvalue weighted by atomic mass is 16.5. The first kappa shape index (κ1) is 12.7. The van der Waals surface area contributed by atoms with Crippen LogP contribution in [0.2, 0.25) is 0 Å². The molecule has 1 aliphatic rings. The average molecular weight is 212 g/mol. The van der Waals surface area contributed by atoms with Crippen molar-refractivity contribution in [3.63, 3.8) is 0 Å². The van der Waals surface area contributed by atoms with E-state index in [1.54, 1.807) is 0 Å². The molecular formula is C12H24N2O. The molecule has 0 aromatic rings. The van der Waals surface area contributed by atoms with E-state index in [4.69, 9.17) is 4.74 Å². The van der Waals surface area contributed by atoms with Crippen LogP contribution in [0.25, 0.3) is 0 Å². The lowest BCUT2D eigenvalue weighted by Gasteiger charge is -2.15. The molecule has 3 nitrogen and oxygen atoms in total. The Kier molecular flexibility index (Phi) is 7.52. The summed E-state index contributed by atoms with van der Waals surface area (Å²) in [6.07, 6.45) is 6.67. The fourth-order valence-electron chi connectivity index (χ4n) is 1.83. The van der Waals surface area contributed by atoms with Gasteiger partial charge < -0.3 is 15.4 Å². The summed E-state index contributed by atoms with van der Waals surface area (Å²) < 4.78 is 5.45. The van der Waals surface area contributed by atoms with Gasteiger partial charge >= 0.3 is 0 Å². The molecular weight excluding hydrogens is 188 g/mol. The van der Waals surface area contributed by atoms with Crippen LogP contribution >= 0.6 is 0 Å². The molecule has 0 aromatic heterocycles. The fraction of sp³-hybridized carbons (Fsp3) is 0.833. The standard InChI is InChI=1S/C12H24N2O/c1-2-3-10-15-11-9-14-12-5-4-7-13-8-6-12/h2,12-14H,1,3-11H2. The zero-order valence-electron chi connectivity index (χ0n) is 9.63. The van der Waals surface area contributed by atoms with E-state index in [0.29, 0.717) is 6.04 Å². The van der Waals surface area contributed by atoms with E-state index in [9.17, 15) is 0 Å².